The molecule has 2 unspecified atom stereocenters. The molecule has 2 heterocycles. The second-order valence-electron chi connectivity index (χ2n) is 4.90. The monoisotopic (exact) mass is 266 g/mol. The molecule has 1 aliphatic heterocycles. The van der Waals surface area contributed by atoms with E-state index in [2.05, 4.69) is 19.2 Å². The molecule has 18 heavy (non-hydrogen) atoms. The Labute approximate surface area is 111 Å². The highest BCUT2D eigenvalue weighted by Crippen LogP contribution is 2.34. The van der Waals surface area contributed by atoms with Gasteiger partial charge in [-0.1, -0.05) is 19.9 Å². The molecule has 0 saturated carbocycles. The van der Waals surface area contributed by atoms with Crippen molar-refractivity contribution < 1.29 is 9.59 Å². The van der Waals surface area contributed by atoms with E-state index in [4.69, 9.17) is 0 Å². The molecule has 1 saturated heterocycles. The Balaban J connectivity index is 2.35. The largest absolute Gasteiger partial charge is 0.345 e. The molecular weight excluding hydrogens is 248 g/mol. The van der Waals surface area contributed by atoms with E-state index in [-0.39, 0.29) is 30.3 Å². The summed E-state index contributed by atoms with van der Waals surface area (Å²) in [6.45, 7) is 6.06. The molecule has 0 aromatic carbocycles. The Morgan fingerprint density at radius 2 is 2.17 bits per heavy atom. The summed E-state index contributed by atoms with van der Waals surface area (Å²) in [6.07, 6.45) is 0. The summed E-state index contributed by atoms with van der Waals surface area (Å²) in [5, 5.41) is 4.63. The van der Waals surface area contributed by atoms with Crippen LogP contribution >= 0.6 is 11.3 Å². The van der Waals surface area contributed by atoms with Gasteiger partial charge >= 0.3 is 0 Å². The van der Waals surface area contributed by atoms with Gasteiger partial charge in [0.05, 0.1) is 12.6 Å². The zero-order valence-corrected chi connectivity index (χ0v) is 11.7. The van der Waals surface area contributed by atoms with Gasteiger partial charge in [0.1, 0.15) is 6.04 Å². The Bertz CT molecular complexity index is 442. The Hall–Kier alpha value is -1.36. The number of rotatable bonds is 3. The molecule has 0 bridgehead atoms. The second kappa shape index (κ2) is 5.10. The molecule has 1 aromatic heterocycles. The van der Waals surface area contributed by atoms with Crippen molar-refractivity contribution in [2.24, 2.45) is 5.92 Å². The minimum Gasteiger partial charge on any atom is -0.345 e. The summed E-state index contributed by atoms with van der Waals surface area (Å²) in [4.78, 5) is 26.7. The fourth-order valence-electron chi connectivity index (χ4n) is 2.39. The van der Waals surface area contributed by atoms with E-state index in [0.717, 1.165) is 4.88 Å². The van der Waals surface area contributed by atoms with Crippen LogP contribution in [0.3, 0.4) is 0 Å². The molecule has 0 radical (unpaired) electrons. The first-order chi connectivity index (χ1) is 8.52. The number of nitrogens with zero attached hydrogens (tertiary/aromatic N) is 1. The van der Waals surface area contributed by atoms with E-state index in [1.807, 2.05) is 17.5 Å². The van der Waals surface area contributed by atoms with E-state index in [1.54, 1.807) is 23.2 Å². The lowest BCUT2D eigenvalue weighted by atomic mass is 9.97. The van der Waals surface area contributed by atoms with Gasteiger partial charge in [0, 0.05) is 4.88 Å². The van der Waals surface area contributed by atoms with Gasteiger partial charge in [0.2, 0.25) is 11.8 Å². The van der Waals surface area contributed by atoms with E-state index in [0.29, 0.717) is 0 Å². The molecule has 98 valence electrons. The minimum absolute atomic E-state index is 0.00537. The maximum atomic E-state index is 12.1. The molecule has 1 aromatic rings. The normalized spacial score (nSPS) is 22.2. The SMILES string of the molecule is CC(C)C(c1cccs1)N1C(=O)CNC(=O)C1C. The van der Waals surface area contributed by atoms with Gasteiger partial charge in [-0.2, -0.15) is 0 Å². The van der Waals surface area contributed by atoms with Gasteiger partial charge in [0.15, 0.2) is 0 Å². The minimum atomic E-state index is -0.402. The van der Waals surface area contributed by atoms with Crippen LogP contribution in [0.1, 0.15) is 31.7 Å². The van der Waals surface area contributed by atoms with Crippen LogP contribution in [0.25, 0.3) is 0 Å². The molecule has 1 fully saturated rings. The quantitative estimate of drug-likeness (QED) is 0.907. The van der Waals surface area contributed by atoms with Gasteiger partial charge in [-0.15, -0.1) is 11.3 Å². The first-order valence-corrected chi connectivity index (χ1v) is 7.02. The van der Waals surface area contributed by atoms with E-state index in [1.165, 1.54) is 0 Å². The molecule has 2 rings (SSSR count). The lowest BCUT2D eigenvalue weighted by Gasteiger charge is -2.40. The number of piperazine rings is 1. The van der Waals surface area contributed by atoms with E-state index >= 15 is 0 Å². The topological polar surface area (TPSA) is 49.4 Å². The first-order valence-electron chi connectivity index (χ1n) is 6.14. The summed E-state index contributed by atoms with van der Waals surface area (Å²) in [5.74, 6) is 0.201. The van der Waals surface area contributed by atoms with Crippen molar-refractivity contribution >= 4 is 23.2 Å². The van der Waals surface area contributed by atoms with E-state index in [9.17, 15) is 9.59 Å². The standard InChI is InChI=1S/C13H18N2O2S/c1-8(2)12(10-5-4-6-18-10)15-9(3)13(17)14-7-11(15)16/h4-6,8-9,12H,7H2,1-3H3,(H,14,17). The molecule has 0 aliphatic carbocycles. The van der Waals surface area contributed by atoms with Gasteiger partial charge in [-0.25, -0.2) is 0 Å². The lowest BCUT2D eigenvalue weighted by molar-refractivity contribution is -0.148. The third-order valence-electron chi connectivity index (χ3n) is 3.26. The summed E-state index contributed by atoms with van der Waals surface area (Å²) in [6, 6.07) is 3.59. The van der Waals surface area contributed by atoms with Crippen molar-refractivity contribution in [2.45, 2.75) is 32.9 Å². The van der Waals surface area contributed by atoms with Crippen molar-refractivity contribution in [3.63, 3.8) is 0 Å². The van der Waals surface area contributed by atoms with Gasteiger partial charge < -0.3 is 10.2 Å². The zero-order chi connectivity index (χ0) is 13.3. The van der Waals surface area contributed by atoms with Crippen LogP contribution in [-0.2, 0) is 9.59 Å². The average molecular weight is 266 g/mol. The van der Waals surface area contributed by atoms with Crippen molar-refractivity contribution in [3.8, 4) is 0 Å². The fourth-order valence-corrected chi connectivity index (χ4v) is 3.38. The summed E-state index contributed by atoms with van der Waals surface area (Å²) < 4.78 is 0. The Kier molecular flexibility index (Phi) is 3.71. The first kappa shape index (κ1) is 13.1. The predicted octanol–water partition coefficient (Wildman–Crippen LogP) is 1.79. The maximum absolute atomic E-state index is 12.1. The summed E-state index contributed by atoms with van der Waals surface area (Å²) in [7, 11) is 0. The number of thiophene rings is 1. The number of hydrogen-bond acceptors (Lipinski definition) is 3. The van der Waals surface area contributed by atoms with Crippen LogP contribution in [0.2, 0.25) is 0 Å². The summed E-state index contributed by atoms with van der Waals surface area (Å²) >= 11 is 1.63. The summed E-state index contributed by atoms with van der Waals surface area (Å²) in [5.41, 5.74) is 0. The molecule has 4 nitrogen and oxygen atoms in total. The van der Waals surface area contributed by atoms with Crippen molar-refractivity contribution in [2.75, 3.05) is 6.54 Å². The third kappa shape index (κ3) is 2.27. The number of carbonyl (C=O) groups excluding carboxylic acids is 2. The Morgan fingerprint density at radius 3 is 2.72 bits per heavy atom. The second-order valence-corrected chi connectivity index (χ2v) is 5.88. The van der Waals surface area contributed by atoms with Gasteiger partial charge in [-0.3, -0.25) is 9.59 Å². The molecule has 1 aliphatic rings. The average Bonchev–Trinajstić information content (AvgIpc) is 2.82. The maximum Gasteiger partial charge on any atom is 0.243 e. The smallest absolute Gasteiger partial charge is 0.243 e. The van der Waals surface area contributed by atoms with Crippen molar-refractivity contribution in [3.05, 3.63) is 22.4 Å². The zero-order valence-electron chi connectivity index (χ0n) is 10.8. The molecule has 1 N–H and O–H groups in total. The fraction of sp³-hybridized carbons (Fsp3) is 0.538. The lowest BCUT2D eigenvalue weighted by Crippen LogP contribution is -2.58. The highest BCUT2D eigenvalue weighted by Gasteiger charge is 2.38. The number of amides is 2. The van der Waals surface area contributed by atoms with Crippen LogP contribution in [0.15, 0.2) is 17.5 Å². The van der Waals surface area contributed by atoms with Gasteiger partial charge in [-0.05, 0) is 24.3 Å². The predicted molar refractivity (Wildman–Crippen MR) is 71.2 cm³/mol. The molecular formula is C13H18N2O2S. The molecule has 2 amide bonds. The van der Waals surface area contributed by atoms with Crippen LogP contribution in [0, 0.1) is 5.92 Å². The third-order valence-corrected chi connectivity index (χ3v) is 4.21. The Morgan fingerprint density at radius 1 is 1.44 bits per heavy atom. The number of hydrogen-bond donors (Lipinski definition) is 1. The van der Waals surface area contributed by atoms with Crippen molar-refractivity contribution in [1.29, 1.82) is 0 Å². The van der Waals surface area contributed by atoms with Crippen LogP contribution < -0.4 is 5.32 Å². The molecule has 2 atom stereocenters. The number of nitrogens with one attached hydrogen (secondary N) is 1. The van der Waals surface area contributed by atoms with Crippen LogP contribution in [0.4, 0.5) is 0 Å². The van der Waals surface area contributed by atoms with Crippen LogP contribution in [0.5, 0.6) is 0 Å². The van der Waals surface area contributed by atoms with Gasteiger partial charge in [0.25, 0.3) is 0 Å². The molecule has 0 spiro atoms. The molecule has 5 heteroatoms. The van der Waals surface area contributed by atoms with Crippen molar-refractivity contribution in [1.82, 2.24) is 10.2 Å². The van der Waals surface area contributed by atoms with Crippen LogP contribution in [-0.4, -0.2) is 29.3 Å². The highest BCUT2D eigenvalue weighted by atomic mass is 32.1. The van der Waals surface area contributed by atoms with E-state index < -0.39 is 6.04 Å². The number of carbonyl (C=O) groups is 2. The highest BCUT2D eigenvalue weighted by molar-refractivity contribution is 7.10.